The van der Waals surface area contributed by atoms with Crippen molar-refractivity contribution >= 4 is 11.4 Å². The minimum atomic E-state index is -0.0302. The van der Waals surface area contributed by atoms with Gasteiger partial charge in [-0.15, -0.1) is 0 Å². The molecule has 4 aromatic rings. The average Bonchev–Trinajstić information content (AvgIpc) is 3.32. The van der Waals surface area contributed by atoms with Crippen LogP contribution in [0.1, 0.15) is 27.7 Å². The second-order valence-corrected chi connectivity index (χ2v) is 9.36. The first-order chi connectivity index (χ1) is 18.9. The molecule has 0 radical (unpaired) electrons. The number of nitrogens with zero attached hydrogens (tertiary/aromatic N) is 4. The van der Waals surface area contributed by atoms with Gasteiger partial charge >= 0.3 is 0 Å². The van der Waals surface area contributed by atoms with Crippen LogP contribution in [0.25, 0.3) is 33.9 Å². The van der Waals surface area contributed by atoms with Gasteiger partial charge in [0.2, 0.25) is 5.75 Å². The number of hydrogen-bond donors (Lipinski definition) is 1. The quantitative estimate of drug-likeness (QED) is 0.230. The number of phenolic OH excluding ortho intramolecular Hbond substituents is 1. The smallest absolute Gasteiger partial charge is 0.200 e. The summed E-state index contributed by atoms with van der Waals surface area (Å²) in [6.07, 6.45) is 0. The molecule has 0 aliphatic carbocycles. The van der Waals surface area contributed by atoms with E-state index in [9.17, 15) is 5.11 Å². The van der Waals surface area contributed by atoms with Gasteiger partial charge in [-0.2, -0.15) is 0 Å². The van der Waals surface area contributed by atoms with Gasteiger partial charge < -0.3 is 28.9 Å². The number of benzene rings is 3. The number of aromatic nitrogens is 2. The van der Waals surface area contributed by atoms with Crippen molar-refractivity contribution in [1.29, 1.82) is 0 Å². The Hall–Kier alpha value is -4.13. The number of ether oxygens (including phenoxy) is 2. The van der Waals surface area contributed by atoms with Gasteiger partial charge in [0.1, 0.15) is 5.82 Å². The van der Waals surface area contributed by atoms with Crippen molar-refractivity contribution in [3.63, 3.8) is 0 Å². The summed E-state index contributed by atoms with van der Waals surface area (Å²) in [6, 6.07) is 20.9. The molecule has 7 nitrogen and oxygen atoms in total. The number of phenols is 1. The maximum absolute atomic E-state index is 10.5. The Labute approximate surface area is 232 Å². The first-order valence-electron chi connectivity index (χ1n) is 13.6. The van der Waals surface area contributed by atoms with E-state index in [0.29, 0.717) is 11.5 Å². The topological polar surface area (TPSA) is 63.0 Å². The Bertz CT molecular complexity index is 1360. The molecule has 0 bridgehead atoms. The predicted molar refractivity (Wildman–Crippen MR) is 161 cm³/mol. The standard InChI is InChI=1S/C32H40N4O3/c1-8-35(9-2)25-16-12-22(13-17-25)29-30(23-14-18-26(19-15-23)36(10-3)11-4)34(5)32(33-29)24-20-27(38-6)31(37)28(21-24)39-7/h12-21,37H,8-11H2,1-7H3. The van der Waals surface area contributed by atoms with Crippen LogP contribution in [0.5, 0.6) is 17.2 Å². The number of rotatable bonds is 11. The third-order valence-electron chi connectivity index (χ3n) is 7.37. The molecule has 0 saturated carbocycles. The van der Waals surface area contributed by atoms with Crippen molar-refractivity contribution in [3.8, 4) is 51.2 Å². The fourth-order valence-corrected chi connectivity index (χ4v) is 5.15. The lowest BCUT2D eigenvalue weighted by Gasteiger charge is -2.21. The van der Waals surface area contributed by atoms with Gasteiger partial charge in [0.25, 0.3) is 0 Å². The summed E-state index contributed by atoms with van der Waals surface area (Å²) in [5, 5.41) is 10.5. The van der Waals surface area contributed by atoms with Gasteiger partial charge in [-0.05, 0) is 64.1 Å². The molecule has 206 valence electrons. The summed E-state index contributed by atoms with van der Waals surface area (Å²) >= 11 is 0. The van der Waals surface area contributed by atoms with Crippen LogP contribution in [0, 0.1) is 0 Å². The summed E-state index contributed by atoms with van der Waals surface area (Å²) in [7, 11) is 5.08. The van der Waals surface area contributed by atoms with Crippen LogP contribution in [-0.4, -0.2) is 55.1 Å². The molecule has 0 atom stereocenters. The van der Waals surface area contributed by atoms with E-state index in [4.69, 9.17) is 14.5 Å². The van der Waals surface area contributed by atoms with Gasteiger partial charge in [-0.25, -0.2) is 4.98 Å². The molecule has 0 saturated heterocycles. The summed E-state index contributed by atoms with van der Waals surface area (Å²) < 4.78 is 13.0. The van der Waals surface area contributed by atoms with Crippen molar-refractivity contribution in [2.24, 2.45) is 7.05 Å². The highest BCUT2D eigenvalue weighted by Gasteiger charge is 2.22. The summed E-state index contributed by atoms with van der Waals surface area (Å²) in [5.41, 5.74) is 7.19. The van der Waals surface area contributed by atoms with Gasteiger partial charge in [0.15, 0.2) is 11.5 Å². The Morgan fingerprint density at radius 1 is 0.692 bits per heavy atom. The minimum Gasteiger partial charge on any atom is -0.502 e. The lowest BCUT2D eigenvalue weighted by Crippen LogP contribution is -2.21. The van der Waals surface area contributed by atoms with Gasteiger partial charge in [0, 0.05) is 61.3 Å². The average molecular weight is 529 g/mol. The summed E-state index contributed by atoms with van der Waals surface area (Å²) in [6.45, 7) is 12.5. The first-order valence-corrected chi connectivity index (χ1v) is 13.6. The molecule has 0 spiro atoms. The zero-order chi connectivity index (χ0) is 28.1. The highest BCUT2D eigenvalue weighted by molar-refractivity contribution is 5.84. The highest BCUT2D eigenvalue weighted by atomic mass is 16.5. The number of aromatic hydroxyl groups is 1. The molecule has 1 N–H and O–H groups in total. The van der Waals surface area contributed by atoms with E-state index in [1.807, 2.05) is 7.05 Å². The number of methoxy groups -OCH3 is 2. The Morgan fingerprint density at radius 3 is 1.54 bits per heavy atom. The van der Waals surface area contributed by atoms with Crippen molar-refractivity contribution in [1.82, 2.24) is 9.55 Å². The molecule has 0 aliphatic heterocycles. The van der Waals surface area contributed by atoms with Crippen LogP contribution in [0.4, 0.5) is 11.4 Å². The fraction of sp³-hybridized carbons (Fsp3) is 0.344. The largest absolute Gasteiger partial charge is 0.502 e. The third-order valence-corrected chi connectivity index (χ3v) is 7.37. The van der Waals surface area contributed by atoms with Crippen LogP contribution >= 0.6 is 0 Å². The number of imidazole rings is 1. The second kappa shape index (κ2) is 12.2. The number of hydrogen-bond acceptors (Lipinski definition) is 6. The Balaban J connectivity index is 1.90. The summed E-state index contributed by atoms with van der Waals surface area (Å²) in [5.74, 6) is 1.39. The van der Waals surface area contributed by atoms with Crippen LogP contribution in [0.2, 0.25) is 0 Å². The highest BCUT2D eigenvalue weighted by Crippen LogP contribution is 2.42. The van der Waals surface area contributed by atoms with E-state index in [1.165, 1.54) is 25.6 Å². The van der Waals surface area contributed by atoms with Crippen molar-refractivity contribution in [2.75, 3.05) is 50.2 Å². The number of anilines is 2. The zero-order valence-corrected chi connectivity index (χ0v) is 24.2. The lowest BCUT2D eigenvalue weighted by atomic mass is 10.0. The molecule has 7 heteroatoms. The molecule has 1 aromatic heterocycles. The van der Waals surface area contributed by atoms with Gasteiger partial charge in [-0.1, -0.05) is 24.3 Å². The van der Waals surface area contributed by atoms with Crippen molar-refractivity contribution < 1.29 is 14.6 Å². The van der Waals surface area contributed by atoms with E-state index >= 15 is 0 Å². The summed E-state index contributed by atoms with van der Waals surface area (Å²) in [4.78, 5) is 9.82. The second-order valence-electron chi connectivity index (χ2n) is 9.36. The Morgan fingerprint density at radius 2 is 1.13 bits per heavy atom. The van der Waals surface area contributed by atoms with Crippen LogP contribution in [0.3, 0.4) is 0 Å². The minimum absolute atomic E-state index is 0.0302. The third kappa shape index (κ3) is 5.39. The molecule has 4 rings (SSSR count). The lowest BCUT2D eigenvalue weighted by molar-refractivity contribution is 0.340. The van der Waals surface area contributed by atoms with Crippen molar-refractivity contribution in [3.05, 3.63) is 60.7 Å². The van der Waals surface area contributed by atoms with Gasteiger partial charge in [-0.3, -0.25) is 0 Å². The van der Waals surface area contributed by atoms with Gasteiger partial charge in [0.05, 0.1) is 25.6 Å². The van der Waals surface area contributed by atoms with Crippen molar-refractivity contribution in [2.45, 2.75) is 27.7 Å². The maximum Gasteiger partial charge on any atom is 0.200 e. The van der Waals surface area contributed by atoms with E-state index < -0.39 is 0 Å². The van der Waals surface area contributed by atoms with Crippen LogP contribution in [-0.2, 0) is 7.05 Å². The molecule has 0 aliphatic rings. The van der Waals surface area contributed by atoms with Crippen LogP contribution in [0.15, 0.2) is 60.7 Å². The normalized spacial score (nSPS) is 10.9. The predicted octanol–water partition coefficient (Wildman–Crippen LogP) is 6.84. The molecule has 39 heavy (non-hydrogen) atoms. The van der Waals surface area contributed by atoms with E-state index in [0.717, 1.165) is 60.1 Å². The molecular weight excluding hydrogens is 488 g/mol. The first kappa shape index (κ1) is 27.9. The van der Waals surface area contributed by atoms with E-state index in [1.54, 1.807) is 12.1 Å². The fourth-order valence-electron chi connectivity index (χ4n) is 5.15. The SMILES string of the molecule is CCN(CC)c1ccc(-c2nc(-c3cc(OC)c(O)c(OC)c3)n(C)c2-c2ccc(N(CC)CC)cc2)cc1. The molecule has 3 aromatic carbocycles. The maximum atomic E-state index is 10.5. The molecular formula is C32H40N4O3. The molecule has 0 fully saturated rings. The monoisotopic (exact) mass is 528 g/mol. The van der Waals surface area contributed by atoms with Crippen LogP contribution < -0.4 is 19.3 Å². The molecule has 0 unspecified atom stereocenters. The molecule has 0 amide bonds. The molecule has 1 heterocycles. The van der Waals surface area contributed by atoms with E-state index in [2.05, 4.69) is 90.6 Å². The Kier molecular flexibility index (Phi) is 8.69. The van der Waals surface area contributed by atoms with E-state index in [-0.39, 0.29) is 5.75 Å². The zero-order valence-electron chi connectivity index (χ0n) is 24.2.